The van der Waals surface area contributed by atoms with Gasteiger partial charge in [0.25, 0.3) is 0 Å². The lowest BCUT2D eigenvalue weighted by Gasteiger charge is -2.13. The Balaban J connectivity index is 2.52. The van der Waals surface area contributed by atoms with E-state index < -0.39 is 12.0 Å². The molecule has 1 rings (SSSR count). The van der Waals surface area contributed by atoms with Crippen LogP contribution in [0.1, 0.15) is 19.8 Å². The second-order valence-corrected chi connectivity index (χ2v) is 4.54. The molecule has 0 heterocycles. The predicted octanol–water partition coefficient (Wildman–Crippen LogP) is 2.12. The van der Waals surface area contributed by atoms with Crippen molar-refractivity contribution in [2.75, 3.05) is 11.9 Å². The summed E-state index contributed by atoms with van der Waals surface area (Å²) < 4.78 is 0. The third-order valence-corrected chi connectivity index (χ3v) is 2.71. The fourth-order valence-electron chi connectivity index (χ4n) is 1.50. The van der Waals surface area contributed by atoms with Crippen molar-refractivity contribution in [1.82, 2.24) is 5.32 Å². The molecule has 0 spiro atoms. The maximum Gasteiger partial charge on any atom is 0.321 e. The van der Waals surface area contributed by atoms with Crippen LogP contribution in [0.25, 0.3) is 0 Å². The van der Waals surface area contributed by atoms with Crippen LogP contribution in [0.5, 0.6) is 0 Å². The van der Waals surface area contributed by atoms with Gasteiger partial charge in [-0.05, 0) is 37.2 Å². The molecule has 0 radical (unpaired) electrons. The number of nitrogens with one attached hydrogen (secondary N) is 2. The molecular weight excluding hydrogens is 268 g/mol. The zero-order valence-corrected chi connectivity index (χ0v) is 11.4. The Morgan fingerprint density at radius 3 is 2.47 bits per heavy atom. The molecule has 3 N–H and O–H groups in total. The first-order valence-electron chi connectivity index (χ1n) is 6.04. The summed E-state index contributed by atoms with van der Waals surface area (Å²) in [4.78, 5) is 22.7. The number of carboxylic acid groups (broad SMARTS) is 1. The Morgan fingerprint density at radius 2 is 1.95 bits per heavy atom. The van der Waals surface area contributed by atoms with Crippen LogP contribution in [0.2, 0.25) is 5.02 Å². The minimum Gasteiger partial charge on any atom is -0.480 e. The summed E-state index contributed by atoms with van der Waals surface area (Å²) in [6, 6.07) is 5.76. The first-order chi connectivity index (χ1) is 9.02. The molecule has 1 aromatic rings. The lowest BCUT2D eigenvalue weighted by molar-refractivity contribution is -0.141. The average molecular weight is 285 g/mol. The van der Waals surface area contributed by atoms with Crippen LogP contribution in [0.3, 0.4) is 0 Å². The quantitative estimate of drug-likeness (QED) is 0.717. The summed E-state index contributed by atoms with van der Waals surface area (Å²) in [5, 5.41) is 15.0. The first-order valence-corrected chi connectivity index (χ1v) is 6.42. The van der Waals surface area contributed by atoms with Gasteiger partial charge in [0.2, 0.25) is 5.91 Å². The molecule has 0 saturated carbocycles. The van der Waals surface area contributed by atoms with Gasteiger partial charge in [-0.25, -0.2) is 0 Å². The number of benzene rings is 1. The normalized spacial score (nSPS) is 11.9. The van der Waals surface area contributed by atoms with E-state index in [-0.39, 0.29) is 12.3 Å². The molecule has 1 atom stereocenters. The summed E-state index contributed by atoms with van der Waals surface area (Å²) in [6.07, 6.45) is 0.695. The summed E-state index contributed by atoms with van der Waals surface area (Å²) >= 11 is 5.73. The predicted molar refractivity (Wildman–Crippen MR) is 74.4 cm³/mol. The molecular formula is C13H17ClN2O3. The highest BCUT2D eigenvalue weighted by Crippen LogP contribution is 2.13. The lowest BCUT2D eigenvalue weighted by Crippen LogP contribution is -2.40. The van der Waals surface area contributed by atoms with Crippen molar-refractivity contribution in [2.24, 2.45) is 0 Å². The largest absolute Gasteiger partial charge is 0.480 e. The third-order valence-electron chi connectivity index (χ3n) is 2.46. The smallest absolute Gasteiger partial charge is 0.321 e. The van der Waals surface area contributed by atoms with Gasteiger partial charge in [0, 0.05) is 10.7 Å². The standard InChI is InChI=1S/C13H17ClN2O3/c1-2-7-15-11(13(18)19)8-12(17)16-10-5-3-9(14)4-6-10/h3-6,11,15H,2,7-8H2,1H3,(H,16,17)(H,18,19)/t11-/m1/s1. The summed E-state index contributed by atoms with van der Waals surface area (Å²) in [7, 11) is 0. The van der Waals surface area contributed by atoms with Gasteiger partial charge in [-0.15, -0.1) is 0 Å². The van der Waals surface area contributed by atoms with E-state index in [0.717, 1.165) is 6.42 Å². The second-order valence-electron chi connectivity index (χ2n) is 4.10. The van der Waals surface area contributed by atoms with Crippen LogP contribution in [-0.4, -0.2) is 29.6 Å². The van der Waals surface area contributed by atoms with E-state index in [1.54, 1.807) is 24.3 Å². The summed E-state index contributed by atoms with van der Waals surface area (Å²) in [6.45, 7) is 2.49. The number of carbonyl (C=O) groups excluding carboxylic acids is 1. The molecule has 104 valence electrons. The third kappa shape index (κ3) is 5.72. The average Bonchev–Trinajstić information content (AvgIpc) is 2.37. The fraction of sp³-hybridized carbons (Fsp3) is 0.385. The van der Waals surface area contributed by atoms with Gasteiger partial charge in [0.05, 0.1) is 6.42 Å². The van der Waals surface area contributed by atoms with Gasteiger partial charge in [0.15, 0.2) is 0 Å². The molecule has 0 aliphatic heterocycles. The minimum atomic E-state index is -1.03. The Bertz CT molecular complexity index is 434. The highest BCUT2D eigenvalue weighted by molar-refractivity contribution is 6.30. The van der Waals surface area contributed by atoms with Crippen molar-refractivity contribution >= 4 is 29.2 Å². The van der Waals surface area contributed by atoms with Crippen LogP contribution in [0, 0.1) is 0 Å². The maximum atomic E-state index is 11.7. The van der Waals surface area contributed by atoms with Crippen molar-refractivity contribution < 1.29 is 14.7 Å². The van der Waals surface area contributed by atoms with Crippen LogP contribution in [0.15, 0.2) is 24.3 Å². The van der Waals surface area contributed by atoms with E-state index >= 15 is 0 Å². The van der Waals surface area contributed by atoms with Gasteiger partial charge in [-0.3, -0.25) is 9.59 Å². The maximum absolute atomic E-state index is 11.7. The fourth-order valence-corrected chi connectivity index (χ4v) is 1.62. The molecule has 19 heavy (non-hydrogen) atoms. The zero-order chi connectivity index (χ0) is 14.3. The van der Waals surface area contributed by atoms with E-state index in [9.17, 15) is 9.59 Å². The zero-order valence-electron chi connectivity index (χ0n) is 10.6. The molecule has 1 aromatic carbocycles. The molecule has 0 fully saturated rings. The number of halogens is 1. The lowest BCUT2D eigenvalue weighted by atomic mass is 10.2. The Labute approximate surface area is 117 Å². The van der Waals surface area contributed by atoms with Gasteiger partial charge in [0.1, 0.15) is 6.04 Å². The topological polar surface area (TPSA) is 78.4 Å². The molecule has 0 bridgehead atoms. The monoisotopic (exact) mass is 284 g/mol. The minimum absolute atomic E-state index is 0.113. The van der Waals surface area contributed by atoms with E-state index in [2.05, 4.69) is 10.6 Å². The van der Waals surface area contributed by atoms with Gasteiger partial charge in [-0.2, -0.15) is 0 Å². The number of hydrogen-bond acceptors (Lipinski definition) is 3. The highest BCUT2D eigenvalue weighted by Gasteiger charge is 2.20. The van der Waals surface area contributed by atoms with Gasteiger partial charge < -0.3 is 15.7 Å². The summed E-state index contributed by atoms with van der Waals surface area (Å²) in [5.41, 5.74) is 0.592. The number of carboxylic acids is 1. The number of aliphatic carboxylic acids is 1. The number of carbonyl (C=O) groups is 2. The molecule has 1 amide bonds. The van der Waals surface area contributed by atoms with Crippen LogP contribution in [-0.2, 0) is 9.59 Å². The molecule has 0 aromatic heterocycles. The molecule has 0 aliphatic carbocycles. The van der Waals surface area contributed by atoms with Crippen LogP contribution < -0.4 is 10.6 Å². The number of anilines is 1. The van der Waals surface area contributed by atoms with Crippen molar-refractivity contribution in [1.29, 1.82) is 0 Å². The number of hydrogen-bond donors (Lipinski definition) is 3. The first kappa shape index (κ1) is 15.5. The van der Waals surface area contributed by atoms with Crippen molar-refractivity contribution in [3.05, 3.63) is 29.3 Å². The van der Waals surface area contributed by atoms with Crippen molar-refractivity contribution in [2.45, 2.75) is 25.8 Å². The molecule has 0 unspecified atom stereocenters. The number of rotatable bonds is 7. The SMILES string of the molecule is CCCN[C@H](CC(=O)Nc1ccc(Cl)cc1)C(=O)O. The van der Waals surface area contributed by atoms with Crippen LogP contribution in [0.4, 0.5) is 5.69 Å². The molecule has 0 aliphatic rings. The van der Waals surface area contributed by atoms with Crippen molar-refractivity contribution in [3.63, 3.8) is 0 Å². The Morgan fingerprint density at radius 1 is 1.32 bits per heavy atom. The summed E-state index contributed by atoms with van der Waals surface area (Å²) in [5.74, 6) is -1.38. The number of amides is 1. The second kappa shape index (κ2) is 7.76. The van der Waals surface area contributed by atoms with E-state index in [4.69, 9.17) is 16.7 Å². The Hall–Kier alpha value is -1.59. The van der Waals surface area contributed by atoms with E-state index in [1.807, 2.05) is 6.92 Å². The Kier molecular flexibility index (Phi) is 6.32. The molecule has 6 heteroatoms. The van der Waals surface area contributed by atoms with E-state index in [1.165, 1.54) is 0 Å². The van der Waals surface area contributed by atoms with Crippen molar-refractivity contribution in [3.8, 4) is 0 Å². The van der Waals surface area contributed by atoms with Gasteiger partial charge in [-0.1, -0.05) is 18.5 Å². The van der Waals surface area contributed by atoms with E-state index in [0.29, 0.717) is 17.3 Å². The molecule has 0 saturated heterocycles. The van der Waals surface area contributed by atoms with Gasteiger partial charge >= 0.3 is 5.97 Å². The highest BCUT2D eigenvalue weighted by atomic mass is 35.5. The van der Waals surface area contributed by atoms with Crippen LogP contribution >= 0.6 is 11.6 Å². The molecule has 5 nitrogen and oxygen atoms in total.